The molecule has 2 aliphatic rings. The van der Waals surface area contributed by atoms with Gasteiger partial charge in [0.2, 0.25) is 0 Å². The number of rotatable bonds is 9. The first-order valence-corrected chi connectivity index (χ1v) is 11.0. The summed E-state index contributed by atoms with van der Waals surface area (Å²) < 4.78 is 84.0. The average molecular weight is 486 g/mol. The van der Waals surface area contributed by atoms with E-state index in [1.807, 2.05) is 0 Å². The maximum absolute atomic E-state index is 10.8. The van der Waals surface area contributed by atoms with Crippen LogP contribution in [0.4, 0.5) is 0 Å². The van der Waals surface area contributed by atoms with Crippen LogP contribution in [0.15, 0.2) is 0 Å². The summed E-state index contributed by atoms with van der Waals surface area (Å²) in [6, 6.07) is 0. The Morgan fingerprint density at radius 3 is 1.73 bits per heavy atom. The minimum Gasteiger partial charge on any atom is -0.394 e. The maximum atomic E-state index is 10.8. The molecule has 0 aromatic heterocycles. The highest BCUT2D eigenvalue weighted by molar-refractivity contribution is 7.81. The first kappa shape index (κ1) is 25.7. The van der Waals surface area contributed by atoms with Crippen LogP contribution in [0.2, 0.25) is 0 Å². The summed E-state index contributed by atoms with van der Waals surface area (Å²) in [5.74, 6) is 0. The minimum absolute atomic E-state index is 0.732. The number of aliphatic hydroxyl groups is 5. The summed E-state index contributed by atoms with van der Waals surface area (Å²) in [5, 5.41) is 49.3. The third-order valence-corrected chi connectivity index (χ3v) is 5.20. The Hall–Kier alpha value is -0.580. The van der Waals surface area contributed by atoms with Crippen LogP contribution in [0.25, 0.3) is 0 Å². The van der Waals surface area contributed by atoms with Gasteiger partial charge in [0, 0.05) is 0 Å². The molecule has 178 valence electrons. The molecule has 7 N–H and O–H groups in total. The molecule has 0 aromatic rings. The van der Waals surface area contributed by atoms with Crippen LogP contribution in [0, 0.1) is 0 Å². The highest BCUT2D eigenvalue weighted by atomic mass is 32.3. The first-order chi connectivity index (χ1) is 13.7. The third-order valence-electron chi connectivity index (χ3n) is 4.34. The monoisotopic (exact) mass is 486 g/mol. The molecule has 2 aliphatic heterocycles. The summed E-state index contributed by atoms with van der Waals surface area (Å²) in [7, 11) is -9.83. The van der Waals surface area contributed by atoms with E-state index in [0.29, 0.717) is 0 Å². The van der Waals surface area contributed by atoms with E-state index in [2.05, 4.69) is 8.37 Å². The summed E-state index contributed by atoms with van der Waals surface area (Å²) in [6.07, 6.45) is -15.1. The fourth-order valence-electron chi connectivity index (χ4n) is 2.89. The number of aliphatic hydroxyl groups excluding tert-OH is 5. The quantitative estimate of drug-likeness (QED) is 0.150. The molecule has 0 bridgehead atoms. The van der Waals surface area contributed by atoms with Gasteiger partial charge in [0.25, 0.3) is 0 Å². The van der Waals surface area contributed by atoms with Crippen molar-refractivity contribution >= 4 is 20.8 Å². The first-order valence-electron chi connectivity index (χ1n) is 8.26. The molecular weight excluding hydrogens is 464 g/mol. The van der Waals surface area contributed by atoms with Crippen LogP contribution < -0.4 is 0 Å². The van der Waals surface area contributed by atoms with Crippen LogP contribution >= 0.6 is 0 Å². The van der Waals surface area contributed by atoms with Gasteiger partial charge < -0.3 is 39.7 Å². The Labute approximate surface area is 170 Å². The Kier molecular flexibility index (Phi) is 8.49. The Bertz CT molecular complexity index is 769. The molecule has 0 amide bonds. The minimum atomic E-state index is -4.93. The SMILES string of the molecule is O=S(=O)(O)OC[C@H]1O[C@@H](O[C@H]2[C@H](O)[C@@H](CO)O[C@@H]2COS(=O)(=O)O)[C@H](O)[C@@H](O)[C@H]1O. The molecule has 0 unspecified atom stereocenters. The largest absolute Gasteiger partial charge is 0.397 e. The van der Waals surface area contributed by atoms with Crippen LogP contribution in [0.1, 0.15) is 0 Å². The van der Waals surface area contributed by atoms with Gasteiger partial charge >= 0.3 is 20.8 Å². The van der Waals surface area contributed by atoms with E-state index in [1.165, 1.54) is 0 Å². The normalized spacial score (nSPS) is 40.6. The third kappa shape index (κ3) is 6.71. The molecule has 2 fully saturated rings. The smallest absolute Gasteiger partial charge is 0.394 e. The zero-order chi connectivity index (χ0) is 22.9. The van der Waals surface area contributed by atoms with Crippen LogP contribution in [-0.4, -0.2) is 126 Å². The Morgan fingerprint density at radius 1 is 0.700 bits per heavy atom. The lowest BCUT2D eigenvalue weighted by atomic mass is 9.99. The average Bonchev–Trinajstić information content (AvgIpc) is 2.93. The fraction of sp³-hybridized carbons (Fsp3) is 1.00. The van der Waals surface area contributed by atoms with Gasteiger partial charge in [-0.1, -0.05) is 0 Å². The summed E-state index contributed by atoms with van der Waals surface area (Å²) in [6.45, 7) is -2.59. The van der Waals surface area contributed by atoms with Crippen molar-refractivity contribution in [2.45, 2.75) is 55.1 Å². The van der Waals surface area contributed by atoms with E-state index in [9.17, 15) is 42.4 Å². The van der Waals surface area contributed by atoms with Crippen molar-refractivity contribution in [1.82, 2.24) is 0 Å². The molecule has 0 spiro atoms. The van der Waals surface area contributed by atoms with Gasteiger partial charge in [-0.05, 0) is 0 Å². The van der Waals surface area contributed by atoms with Crippen molar-refractivity contribution in [3.63, 3.8) is 0 Å². The Morgan fingerprint density at radius 2 is 1.23 bits per heavy atom. The summed E-state index contributed by atoms with van der Waals surface area (Å²) >= 11 is 0. The highest BCUT2D eigenvalue weighted by Crippen LogP contribution is 2.30. The van der Waals surface area contributed by atoms with Crippen molar-refractivity contribution in [1.29, 1.82) is 0 Å². The number of hydrogen-bond donors (Lipinski definition) is 7. The zero-order valence-corrected chi connectivity index (χ0v) is 16.6. The fourth-order valence-corrected chi connectivity index (χ4v) is 3.51. The van der Waals surface area contributed by atoms with Crippen molar-refractivity contribution < 1.29 is 74.1 Å². The maximum Gasteiger partial charge on any atom is 0.397 e. The van der Waals surface area contributed by atoms with E-state index >= 15 is 0 Å². The summed E-state index contributed by atoms with van der Waals surface area (Å²) in [4.78, 5) is 0. The molecule has 30 heavy (non-hydrogen) atoms. The molecule has 0 saturated carbocycles. The lowest BCUT2D eigenvalue weighted by Crippen LogP contribution is -2.60. The number of hydrogen-bond acceptors (Lipinski definition) is 14. The number of ether oxygens (including phenoxy) is 3. The predicted molar refractivity (Wildman–Crippen MR) is 88.3 cm³/mol. The second-order valence-corrected chi connectivity index (χ2v) is 8.61. The molecule has 18 heteroatoms. The van der Waals surface area contributed by atoms with Crippen LogP contribution in [0.3, 0.4) is 0 Å². The Balaban J connectivity index is 2.14. The van der Waals surface area contributed by atoms with Gasteiger partial charge in [-0.2, -0.15) is 16.8 Å². The van der Waals surface area contributed by atoms with E-state index in [0.717, 1.165) is 0 Å². The lowest BCUT2D eigenvalue weighted by molar-refractivity contribution is -0.317. The molecule has 0 aliphatic carbocycles. The molecule has 0 aromatic carbocycles. The van der Waals surface area contributed by atoms with Crippen LogP contribution in [-0.2, 0) is 43.4 Å². The van der Waals surface area contributed by atoms with Gasteiger partial charge in [0.05, 0.1) is 19.8 Å². The molecule has 0 radical (unpaired) electrons. The van der Waals surface area contributed by atoms with E-state index in [-0.39, 0.29) is 0 Å². The van der Waals surface area contributed by atoms with E-state index in [4.69, 9.17) is 23.3 Å². The van der Waals surface area contributed by atoms with Gasteiger partial charge in [-0.15, -0.1) is 0 Å². The van der Waals surface area contributed by atoms with Crippen molar-refractivity contribution in [3.8, 4) is 0 Å². The summed E-state index contributed by atoms with van der Waals surface area (Å²) in [5.41, 5.74) is 0. The molecule has 2 heterocycles. The van der Waals surface area contributed by atoms with Crippen LogP contribution in [0.5, 0.6) is 0 Å². The van der Waals surface area contributed by atoms with Crippen molar-refractivity contribution in [2.24, 2.45) is 0 Å². The molecule has 9 atom stereocenters. The molecule has 2 rings (SSSR count). The van der Waals surface area contributed by atoms with E-state index < -0.39 is 95.7 Å². The standard InChI is InChI=1S/C12H22O16S2/c13-1-4-8(15)11(6(26-4)3-25-30(21,22)23)28-12-10(17)9(16)7(14)5(27-12)2-24-29(18,19)20/h4-17H,1-3H2,(H,18,19,20)(H,21,22,23)/t4-,5-,6-,7+,8-,9+,10-,11-,12+/m1/s1. The molecule has 2 saturated heterocycles. The molecule has 16 nitrogen and oxygen atoms in total. The van der Waals surface area contributed by atoms with Gasteiger partial charge in [-0.25, -0.2) is 8.37 Å². The topological polar surface area (TPSA) is 256 Å². The second kappa shape index (κ2) is 9.92. The lowest BCUT2D eigenvalue weighted by Gasteiger charge is -2.41. The van der Waals surface area contributed by atoms with Crippen molar-refractivity contribution in [2.75, 3.05) is 19.8 Å². The van der Waals surface area contributed by atoms with Gasteiger partial charge in [0.15, 0.2) is 6.29 Å². The van der Waals surface area contributed by atoms with Gasteiger partial charge in [0.1, 0.15) is 48.8 Å². The molecular formula is C12H22O16S2. The van der Waals surface area contributed by atoms with E-state index in [1.54, 1.807) is 0 Å². The highest BCUT2D eigenvalue weighted by Gasteiger charge is 2.50. The predicted octanol–water partition coefficient (Wildman–Crippen LogP) is -5.06. The second-order valence-electron chi connectivity index (χ2n) is 6.43. The van der Waals surface area contributed by atoms with Gasteiger partial charge in [-0.3, -0.25) is 9.11 Å². The van der Waals surface area contributed by atoms with Crippen molar-refractivity contribution in [3.05, 3.63) is 0 Å². The zero-order valence-electron chi connectivity index (χ0n) is 14.9.